The number of likely N-dealkylation sites (tertiary alicyclic amines) is 1. The summed E-state index contributed by atoms with van der Waals surface area (Å²) in [6.07, 6.45) is 3.78. The summed E-state index contributed by atoms with van der Waals surface area (Å²) in [7, 11) is 2.22. The number of hydrogen-bond acceptors (Lipinski definition) is 2. The summed E-state index contributed by atoms with van der Waals surface area (Å²) in [5.74, 6) is 1.24. The Morgan fingerprint density at radius 2 is 2.06 bits per heavy atom. The lowest BCUT2D eigenvalue weighted by Crippen LogP contribution is -2.30. The Bertz CT molecular complexity index is 354. The molecule has 1 aromatic rings. The summed E-state index contributed by atoms with van der Waals surface area (Å²) >= 11 is 0. The first-order valence-corrected chi connectivity index (χ1v) is 7.23. The molecule has 0 spiro atoms. The third kappa shape index (κ3) is 3.12. The Morgan fingerprint density at radius 3 is 2.61 bits per heavy atom. The number of rotatable bonds is 4. The van der Waals surface area contributed by atoms with E-state index >= 15 is 0 Å². The average Bonchev–Trinajstić information content (AvgIpc) is 2.41. The Morgan fingerprint density at radius 1 is 1.33 bits per heavy atom. The number of benzene rings is 1. The summed E-state index contributed by atoms with van der Waals surface area (Å²) < 4.78 is 0. The van der Waals surface area contributed by atoms with Crippen molar-refractivity contribution in [1.29, 1.82) is 0 Å². The lowest BCUT2D eigenvalue weighted by atomic mass is 9.88. The van der Waals surface area contributed by atoms with Crippen LogP contribution < -0.4 is 5.73 Å². The molecular weight excluding hydrogens is 220 g/mol. The molecule has 0 amide bonds. The molecule has 0 saturated carbocycles. The van der Waals surface area contributed by atoms with E-state index in [2.05, 4.69) is 43.1 Å². The number of hydrogen-bond donors (Lipinski definition) is 1. The smallest absolute Gasteiger partial charge is 0.00472 e. The van der Waals surface area contributed by atoms with Crippen LogP contribution in [0.4, 0.5) is 0 Å². The van der Waals surface area contributed by atoms with E-state index in [0.29, 0.717) is 5.92 Å². The van der Waals surface area contributed by atoms with Gasteiger partial charge in [0, 0.05) is 6.54 Å². The molecule has 1 aromatic carbocycles. The van der Waals surface area contributed by atoms with Gasteiger partial charge < -0.3 is 10.6 Å². The minimum atomic E-state index is 0.521. The van der Waals surface area contributed by atoms with Crippen molar-refractivity contribution in [2.24, 2.45) is 5.73 Å². The van der Waals surface area contributed by atoms with E-state index in [4.69, 9.17) is 5.73 Å². The number of piperidine rings is 1. The Kier molecular flexibility index (Phi) is 4.79. The summed E-state index contributed by atoms with van der Waals surface area (Å²) in [4.78, 5) is 2.44. The van der Waals surface area contributed by atoms with Gasteiger partial charge in [-0.05, 0) is 62.4 Å². The van der Waals surface area contributed by atoms with Crippen molar-refractivity contribution in [3.8, 4) is 0 Å². The average molecular weight is 246 g/mol. The zero-order valence-electron chi connectivity index (χ0n) is 11.7. The van der Waals surface area contributed by atoms with Crippen LogP contribution in [0.15, 0.2) is 24.3 Å². The van der Waals surface area contributed by atoms with Crippen molar-refractivity contribution >= 4 is 0 Å². The molecule has 1 aliphatic rings. The molecular formula is C16H26N2. The molecule has 0 radical (unpaired) electrons. The minimum absolute atomic E-state index is 0.521. The van der Waals surface area contributed by atoms with Gasteiger partial charge in [-0.25, -0.2) is 0 Å². The summed E-state index contributed by atoms with van der Waals surface area (Å²) in [6.45, 7) is 5.41. The highest BCUT2D eigenvalue weighted by Gasteiger charge is 2.18. The van der Waals surface area contributed by atoms with Crippen LogP contribution in [-0.2, 0) is 0 Å². The number of likely N-dealkylation sites (N-methyl/N-ethyl adjacent to an activating group) is 1. The molecule has 1 heterocycles. The second-order valence-corrected chi connectivity index (χ2v) is 5.61. The van der Waals surface area contributed by atoms with Crippen molar-refractivity contribution < 1.29 is 0 Å². The van der Waals surface area contributed by atoms with Crippen LogP contribution in [-0.4, -0.2) is 31.6 Å². The van der Waals surface area contributed by atoms with Crippen LogP contribution in [0.25, 0.3) is 0 Å². The highest BCUT2D eigenvalue weighted by atomic mass is 15.1. The van der Waals surface area contributed by atoms with Gasteiger partial charge in [0.25, 0.3) is 0 Å². The SMILES string of the molecule is CCC(CN)c1ccc(C2CCCN(C)C2)cc1. The molecule has 2 unspecified atom stereocenters. The zero-order chi connectivity index (χ0) is 13.0. The van der Waals surface area contributed by atoms with E-state index in [1.165, 1.54) is 37.1 Å². The Balaban J connectivity index is 2.07. The number of nitrogens with two attached hydrogens (primary N) is 1. The topological polar surface area (TPSA) is 29.3 Å². The molecule has 100 valence electrons. The van der Waals surface area contributed by atoms with Gasteiger partial charge in [0.1, 0.15) is 0 Å². The Labute approximate surface area is 111 Å². The summed E-state index contributed by atoms with van der Waals surface area (Å²) in [6, 6.07) is 9.20. The van der Waals surface area contributed by atoms with Crippen molar-refractivity contribution in [2.75, 3.05) is 26.7 Å². The highest BCUT2D eigenvalue weighted by Crippen LogP contribution is 2.27. The van der Waals surface area contributed by atoms with Gasteiger partial charge in [-0.15, -0.1) is 0 Å². The van der Waals surface area contributed by atoms with Gasteiger partial charge in [0.2, 0.25) is 0 Å². The van der Waals surface area contributed by atoms with Gasteiger partial charge in [-0.1, -0.05) is 31.2 Å². The van der Waals surface area contributed by atoms with E-state index in [1.54, 1.807) is 0 Å². The van der Waals surface area contributed by atoms with Crippen LogP contribution in [0.1, 0.15) is 49.1 Å². The molecule has 2 nitrogen and oxygen atoms in total. The zero-order valence-corrected chi connectivity index (χ0v) is 11.7. The maximum Gasteiger partial charge on any atom is 0.00472 e. The molecule has 0 aromatic heterocycles. The van der Waals surface area contributed by atoms with E-state index in [-0.39, 0.29) is 0 Å². The van der Waals surface area contributed by atoms with E-state index in [0.717, 1.165) is 18.9 Å². The number of nitrogens with zero attached hydrogens (tertiary/aromatic N) is 1. The summed E-state index contributed by atoms with van der Waals surface area (Å²) in [5, 5.41) is 0. The van der Waals surface area contributed by atoms with Gasteiger partial charge in [0.15, 0.2) is 0 Å². The first-order chi connectivity index (χ1) is 8.74. The second kappa shape index (κ2) is 6.35. The normalized spacial score (nSPS) is 22.9. The Hall–Kier alpha value is -0.860. The lowest BCUT2D eigenvalue weighted by molar-refractivity contribution is 0.251. The van der Waals surface area contributed by atoms with Gasteiger partial charge >= 0.3 is 0 Å². The van der Waals surface area contributed by atoms with Gasteiger partial charge in [-0.3, -0.25) is 0 Å². The predicted octanol–water partition coefficient (Wildman–Crippen LogP) is 2.95. The minimum Gasteiger partial charge on any atom is -0.330 e. The van der Waals surface area contributed by atoms with E-state index < -0.39 is 0 Å². The van der Waals surface area contributed by atoms with Crippen LogP contribution in [0.2, 0.25) is 0 Å². The molecule has 2 rings (SSSR count). The van der Waals surface area contributed by atoms with E-state index in [1.807, 2.05) is 0 Å². The van der Waals surface area contributed by atoms with Crippen LogP contribution >= 0.6 is 0 Å². The highest BCUT2D eigenvalue weighted by molar-refractivity contribution is 5.28. The maximum atomic E-state index is 5.81. The third-order valence-corrected chi connectivity index (χ3v) is 4.28. The van der Waals surface area contributed by atoms with Gasteiger partial charge in [-0.2, -0.15) is 0 Å². The monoisotopic (exact) mass is 246 g/mol. The van der Waals surface area contributed by atoms with Crippen molar-refractivity contribution in [1.82, 2.24) is 4.90 Å². The van der Waals surface area contributed by atoms with Crippen molar-refractivity contribution in [3.63, 3.8) is 0 Å². The standard InChI is InChI=1S/C16H26N2/c1-3-13(11-17)14-6-8-15(9-7-14)16-5-4-10-18(2)12-16/h6-9,13,16H,3-5,10-12,17H2,1-2H3. The van der Waals surface area contributed by atoms with Crippen molar-refractivity contribution in [3.05, 3.63) is 35.4 Å². The van der Waals surface area contributed by atoms with Crippen LogP contribution in [0.5, 0.6) is 0 Å². The van der Waals surface area contributed by atoms with E-state index in [9.17, 15) is 0 Å². The molecule has 0 bridgehead atoms. The largest absolute Gasteiger partial charge is 0.330 e. The molecule has 1 aliphatic heterocycles. The first kappa shape index (κ1) is 13.6. The lowest BCUT2D eigenvalue weighted by Gasteiger charge is -2.30. The molecule has 1 fully saturated rings. The van der Waals surface area contributed by atoms with Crippen LogP contribution in [0.3, 0.4) is 0 Å². The molecule has 0 aliphatic carbocycles. The first-order valence-electron chi connectivity index (χ1n) is 7.23. The quantitative estimate of drug-likeness (QED) is 0.885. The molecule has 1 saturated heterocycles. The molecule has 18 heavy (non-hydrogen) atoms. The fourth-order valence-corrected chi connectivity index (χ4v) is 3.02. The van der Waals surface area contributed by atoms with Crippen molar-refractivity contribution in [2.45, 2.75) is 38.0 Å². The van der Waals surface area contributed by atoms with Gasteiger partial charge in [0.05, 0.1) is 0 Å². The molecule has 2 atom stereocenters. The molecule has 2 N–H and O–H groups in total. The maximum absolute atomic E-state index is 5.81. The fourth-order valence-electron chi connectivity index (χ4n) is 3.02. The molecule has 2 heteroatoms. The summed E-state index contributed by atoms with van der Waals surface area (Å²) in [5.41, 5.74) is 8.70. The third-order valence-electron chi connectivity index (χ3n) is 4.28. The second-order valence-electron chi connectivity index (χ2n) is 5.61. The fraction of sp³-hybridized carbons (Fsp3) is 0.625. The van der Waals surface area contributed by atoms with Crippen LogP contribution in [0, 0.1) is 0 Å². The predicted molar refractivity (Wildman–Crippen MR) is 78.0 cm³/mol.